The Kier molecular flexibility index (Phi) is 12.6. The molecule has 0 aromatic heterocycles. The van der Waals surface area contributed by atoms with E-state index in [9.17, 15) is 0 Å². The van der Waals surface area contributed by atoms with Crippen molar-refractivity contribution in [1.82, 2.24) is 0 Å². The monoisotopic (exact) mass is 329 g/mol. The molecule has 0 unspecified atom stereocenters. The molecule has 2 heteroatoms. The first kappa shape index (κ1) is 14.8. The fourth-order valence-corrected chi connectivity index (χ4v) is 7.35. The molecule has 0 rings (SSSR count). The van der Waals surface area contributed by atoms with E-state index in [1.54, 1.807) is 13.3 Å². The van der Waals surface area contributed by atoms with Crippen molar-refractivity contribution in [2.45, 2.75) is 47.4 Å². The van der Waals surface area contributed by atoms with Crippen LogP contribution in [-0.4, -0.2) is 19.8 Å². The van der Waals surface area contributed by atoms with Crippen molar-refractivity contribution < 1.29 is 0 Å². The molecule has 0 amide bonds. The average Bonchev–Trinajstić information content (AvgIpc) is 1.90. The molecule has 0 saturated heterocycles. The minimum absolute atomic E-state index is 0. The normalized spacial score (nSPS) is 10.4. The Hall–Kier alpha value is 1.28. The third-order valence-electron chi connectivity index (χ3n) is 2.08. The second-order valence-corrected chi connectivity index (χ2v) is 13.1. The summed E-state index contributed by atoms with van der Waals surface area (Å²) in [4.78, 5) is 0. The topological polar surface area (TPSA) is 0 Å². The van der Waals surface area contributed by atoms with Gasteiger partial charge in [-0.25, -0.2) is 0 Å². The van der Waals surface area contributed by atoms with Crippen molar-refractivity contribution in [3.63, 3.8) is 0 Å². The molecule has 0 fully saturated rings. The van der Waals surface area contributed by atoms with E-state index in [0.29, 0.717) is 0 Å². The fourth-order valence-electron chi connectivity index (χ4n) is 1.10. The second kappa shape index (κ2) is 9.37. The summed E-state index contributed by atoms with van der Waals surface area (Å²) in [6.45, 7) is 9.45. The molecule has 0 bridgehead atoms. The Labute approximate surface area is 89.7 Å². The van der Waals surface area contributed by atoms with Crippen molar-refractivity contribution in [2.24, 2.45) is 5.92 Å². The van der Waals surface area contributed by atoms with Crippen LogP contribution in [0.15, 0.2) is 0 Å². The summed E-state index contributed by atoms with van der Waals surface area (Å²) < 4.78 is 4.75. The minimum atomic E-state index is -0.763. The summed E-state index contributed by atoms with van der Waals surface area (Å²) in [7, 11) is 0. The van der Waals surface area contributed by atoms with Crippen LogP contribution in [0.4, 0.5) is 0 Å². The van der Waals surface area contributed by atoms with E-state index in [1.165, 1.54) is 6.42 Å². The molecule has 0 aliphatic heterocycles. The number of rotatable bonds is 5. The van der Waals surface area contributed by atoms with Gasteiger partial charge in [-0.2, -0.15) is 0 Å². The summed E-state index contributed by atoms with van der Waals surface area (Å²) in [6, 6.07) is 0. The van der Waals surface area contributed by atoms with Gasteiger partial charge in [-0.05, 0) is 0 Å². The standard InChI is InChI=1S/C5H11.2C2H5.BrH.Sn/c1-4-5(2)3;2*1-2;;/h5H,1,4H2,2-3H3;2*1H2,2H3;1H;. The van der Waals surface area contributed by atoms with Crippen LogP contribution in [-0.2, 0) is 0 Å². The van der Waals surface area contributed by atoms with Gasteiger partial charge in [-0.3, -0.25) is 0 Å². The van der Waals surface area contributed by atoms with E-state index < -0.39 is 19.8 Å². The Bertz CT molecular complexity index is 70.0. The number of hydrogen-bond acceptors (Lipinski definition) is 0. The second-order valence-electron chi connectivity index (χ2n) is 3.39. The van der Waals surface area contributed by atoms with Gasteiger partial charge in [-0.1, -0.05) is 0 Å². The first-order valence-electron chi connectivity index (χ1n) is 4.54. The van der Waals surface area contributed by atoms with Crippen LogP contribution in [0, 0.1) is 5.92 Å². The van der Waals surface area contributed by atoms with Crippen LogP contribution >= 0.6 is 17.0 Å². The molecule has 0 aliphatic rings. The van der Waals surface area contributed by atoms with Crippen molar-refractivity contribution in [3.8, 4) is 0 Å². The Morgan fingerprint density at radius 2 is 1.55 bits per heavy atom. The van der Waals surface area contributed by atoms with Crippen LogP contribution < -0.4 is 0 Å². The van der Waals surface area contributed by atoms with Crippen LogP contribution in [0.3, 0.4) is 0 Å². The first-order chi connectivity index (χ1) is 4.70. The van der Waals surface area contributed by atoms with Crippen molar-refractivity contribution in [2.75, 3.05) is 0 Å². The van der Waals surface area contributed by atoms with Crippen LogP contribution in [0.5, 0.6) is 0 Å². The molecule has 0 aromatic rings. The number of hydrogen-bond donors (Lipinski definition) is 0. The average molecular weight is 329 g/mol. The van der Waals surface area contributed by atoms with Gasteiger partial charge in [0.15, 0.2) is 0 Å². The van der Waals surface area contributed by atoms with Crippen LogP contribution in [0.2, 0.25) is 13.3 Å². The predicted molar refractivity (Wildman–Crippen MR) is 61.3 cm³/mol. The van der Waals surface area contributed by atoms with E-state index >= 15 is 0 Å². The van der Waals surface area contributed by atoms with Gasteiger partial charge in [0.1, 0.15) is 0 Å². The molecule has 0 N–H and O–H groups in total. The molecule has 1 radical (unpaired) electrons. The van der Waals surface area contributed by atoms with Crippen LogP contribution in [0.1, 0.15) is 34.1 Å². The summed E-state index contributed by atoms with van der Waals surface area (Å²) in [6.07, 6.45) is 1.50. The molecule has 0 aromatic carbocycles. The third kappa shape index (κ3) is 9.19. The van der Waals surface area contributed by atoms with E-state index in [4.69, 9.17) is 0 Å². The molecule has 0 atom stereocenters. The summed E-state index contributed by atoms with van der Waals surface area (Å²) >= 11 is -0.763. The van der Waals surface area contributed by atoms with Crippen molar-refractivity contribution >= 4 is 36.7 Å². The molecule has 0 spiro atoms. The van der Waals surface area contributed by atoms with Gasteiger partial charge in [-0.15, -0.1) is 17.0 Å². The quantitative estimate of drug-likeness (QED) is 0.665. The SMILES string of the molecule is Br.C[CH2][Sn]([CH2]C)[CH2]CC(C)C. The van der Waals surface area contributed by atoms with E-state index in [1.807, 2.05) is 0 Å². The van der Waals surface area contributed by atoms with E-state index in [0.717, 1.165) is 5.92 Å². The van der Waals surface area contributed by atoms with Crippen molar-refractivity contribution in [3.05, 3.63) is 0 Å². The third-order valence-corrected chi connectivity index (χ3v) is 10.6. The van der Waals surface area contributed by atoms with E-state index in [2.05, 4.69) is 27.7 Å². The maximum atomic E-state index is 2.39. The Morgan fingerprint density at radius 3 is 1.82 bits per heavy atom. The number of halogens is 1. The van der Waals surface area contributed by atoms with Gasteiger partial charge in [0.2, 0.25) is 0 Å². The summed E-state index contributed by atoms with van der Waals surface area (Å²) in [5.41, 5.74) is 0. The van der Waals surface area contributed by atoms with Gasteiger partial charge >= 0.3 is 73.1 Å². The zero-order chi connectivity index (χ0) is 7.98. The van der Waals surface area contributed by atoms with Crippen LogP contribution in [0.25, 0.3) is 0 Å². The Balaban J connectivity index is 0. The maximum absolute atomic E-state index is 2.39. The van der Waals surface area contributed by atoms with E-state index in [-0.39, 0.29) is 17.0 Å². The zero-order valence-electron chi connectivity index (χ0n) is 8.31. The fraction of sp³-hybridized carbons (Fsp3) is 1.00. The van der Waals surface area contributed by atoms with Gasteiger partial charge < -0.3 is 0 Å². The molecule has 69 valence electrons. The van der Waals surface area contributed by atoms with Gasteiger partial charge in [0, 0.05) is 0 Å². The molecule has 0 nitrogen and oxygen atoms in total. The molecule has 0 heterocycles. The zero-order valence-corrected chi connectivity index (χ0v) is 12.9. The molecular weight excluding hydrogens is 307 g/mol. The molecule has 0 saturated carbocycles. The summed E-state index contributed by atoms with van der Waals surface area (Å²) in [5.74, 6) is 0.939. The molecule has 0 aliphatic carbocycles. The summed E-state index contributed by atoms with van der Waals surface area (Å²) in [5, 5.41) is 0. The van der Waals surface area contributed by atoms with Gasteiger partial charge in [0.05, 0.1) is 0 Å². The molecular formula is C9H22BrSn. The first-order valence-corrected chi connectivity index (χ1v) is 10.6. The Morgan fingerprint density at radius 1 is 1.09 bits per heavy atom. The molecule has 11 heavy (non-hydrogen) atoms. The van der Waals surface area contributed by atoms with Crippen molar-refractivity contribution in [1.29, 1.82) is 0 Å². The predicted octanol–water partition coefficient (Wildman–Crippen LogP) is 4.15. The van der Waals surface area contributed by atoms with Gasteiger partial charge in [0.25, 0.3) is 0 Å².